The molecule has 2 N–H and O–H groups in total. The van der Waals surface area contributed by atoms with Gasteiger partial charge >= 0.3 is 6.09 Å². The van der Waals surface area contributed by atoms with Gasteiger partial charge in [-0.3, -0.25) is 4.90 Å². The molecule has 3 aliphatic rings. The predicted octanol–water partition coefficient (Wildman–Crippen LogP) is 3.80. The van der Waals surface area contributed by atoms with Crippen LogP contribution in [0.2, 0.25) is 0 Å². The molecular weight excluding hydrogens is 426 g/mol. The molecule has 174 valence electrons. The molecule has 3 aromatic rings. The van der Waals surface area contributed by atoms with E-state index in [1.165, 1.54) is 22.3 Å². The van der Waals surface area contributed by atoms with Gasteiger partial charge in [0.05, 0.1) is 0 Å². The fourth-order valence-corrected chi connectivity index (χ4v) is 6.84. The molecule has 1 saturated heterocycles. The Bertz CT molecular complexity index is 1200. The van der Waals surface area contributed by atoms with E-state index in [4.69, 9.17) is 0 Å². The Morgan fingerprint density at radius 1 is 1.06 bits per heavy atom. The van der Waals surface area contributed by atoms with Gasteiger partial charge in [-0.05, 0) is 41.5 Å². The van der Waals surface area contributed by atoms with Gasteiger partial charge in [0.1, 0.15) is 0 Å². The number of amides is 1. The number of rotatable bonds is 5. The molecule has 1 amide bonds. The Morgan fingerprint density at radius 2 is 1.74 bits per heavy atom. The number of hydrogen-bond acceptors (Lipinski definition) is 3. The van der Waals surface area contributed by atoms with E-state index in [2.05, 4.69) is 58.7 Å². The third-order valence-electron chi connectivity index (χ3n) is 8.24. The third-order valence-corrected chi connectivity index (χ3v) is 8.24. The zero-order valence-corrected chi connectivity index (χ0v) is 19.1. The second-order valence-electron chi connectivity index (χ2n) is 10.0. The smallest absolute Gasteiger partial charge is 0.404 e. The largest absolute Gasteiger partial charge is 0.619 e. The maximum Gasteiger partial charge on any atom is 0.404 e. The lowest BCUT2D eigenvalue weighted by molar-refractivity contribution is -0.614. The summed E-state index contributed by atoms with van der Waals surface area (Å²) in [6, 6.07) is 23.2. The van der Waals surface area contributed by atoms with E-state index in [1.807, 2.05) is 12.1 Å². The van der Waals surface area contributed by atoms with Gasteiger partial charge in [0, 0.05) is 55.1 Å². The van der Waals surface area contributed by atoms with E-state index in [1.54, 1.807) is 12.3 Å². The number of carboxylic acid groups (broad SMARTS) is 1. The number of pyridine rings is 1. The third kappa shape index (κ3) is 3.36. The molecule has 2 bridgehead atoms. The van der Waals surface area contributed by atoms with Gasteiger partial charge in [-0.15, -0.1) is 0 Å². The van der Waals surface area contributed by atoms with Crippen molar-refractivity contribution in [1.29, 1.82) is 0 Å². The van der Waals surface area contributed by atoms with Gasteiger partial charge in [-0.2, -0.15) is 4.73 Å². The Kier molecular flexibility index (Phi) is 5.06. The minimum absolute atomic E-state index is 0.0622. The van der Waals surface area contributed by atoms with Crippen LogP contribution in [0.15, 0.2) is 72.9 Å². The van der Waals surface area contributed by atoms with E-state index in [0.29, 0.717) is 18.8 Å². The highest BCUT2D eigenvalue weighted by Gasteiger charge is 2.53. The van der Waals surface area contributed by atoms with Crippen LogP contribution in [0.4, 0.5) is 4.79 Å². The van der Waals surface area contributed by atoms with Crippen molar-refractivity contribution < 1.29 is 14.6 Å². The number of likely N-dealkylation sites (tertiary alicyclic amines) is 1. The molecular formula is C28H29N3O3. The summed E-state index contributed by atoms with van der Waals surface area (Å²) in [5, 5.41) is 24.4. The summed E-state index contributed by atoms with van der Waals surface area (Å²) in [6.07, 6.45) is 3.72. The molecule has 0 spiro atoms. The molecule has 6 rings (SSSR count). The number of hydrogen-bond donors (Lipinski definition) is 2. The molecule has 2 unspecified atom stereocenters. The minimum atomic E-state index is -0.980. The first kappa shape index (κ1) is 21.2. The summed E-state index contributed by atoms with van der Waals surface area (Å²) in [7, 11) is 0. The average molecular weight is 456 g/mol. The Morgan fingerprint density at radius 3 is 2.41 bits per heavy atom. The number of carbonyl (C=O) groups is 1. The van der Waals surface area contributed by atoms with Gasteiger partial charge < -0.3 is 15.6 Å². The molecule has 6 nitrogen and oxygen atoms in total. The second-order valence-corrected chi connectivity index (χ2v) is 10.0. The van der Waals surface area contributed by atoms with E-state index >= 15 is 0 Å². The van der Waals surface area contributed by atoms with Gasteiger partial charge in [-0.1, -0.05) is 54.6 Å². The molecule has 1 fully saturated rings. The number of benzene rings is 2. The van der Waals surface area contributed by atoms with Crippen LogP contribution in [0.1, 0.15) is 53.1 Å². The van der Waals surface area contributed by atoms with Crippen molar-refractivity contribution in [1.82, 2.24) is 10.2 Å². The molecule has 2 aliphatic carbocycles. The number of piperidine rings is 1. The zero-order valence-electron chi connectivity index (χ0n) is 19.1. The molecule has 34 heavy (non-hydrogen) atoms. The lowest BCUT2D eigenvalue weighted by Crippen LogP contribution is -2.54. The normalized spacial score (nSPS) is 27.2. The van der Waals surface area contributed by atoms with Gasteiger partial charge in [0.2, 0.25) is 0 Å². The lowest BCUT2D eigenvalue weighted by atomic mass is 9.74. The first-order valence-corrected chi connectivity index (χ1v) is 12.1. The van der Waals surface area contributed by atoms with Crippen molar-refractivity contribution in [3.63, 3.8) is 0 Å². The number of nitrogens with zero attached hydrogens (tertiary/aromatic N) is 2. The van der Waals surface area contributed by atoms with E-state index in [0.717, 1.165) is 36.4 Å². The van der Waals surface area contributed by atoms with E-state index in [9.17, 15) is 15.1 Å². The number of nitrogens with one attached hydrogen (secondary N) is 1. The van der Waals surface area contributed by atoms with Crippen molar-refractivity contribution in [2.24, 2.45) is 0 Å². The summed E-state index contributed by atoms with van der Waals surface area (Å²) in [5.74, 6) is 0.440. The molecule has 1 aliphatic heterocycles. The molecule has 1 aromatic heterocycles. The molecule has 0 saturated carbocycles. The topological polar surface area (TPSA) is 79.5 Å². The van der Waals surface area contributed by atoms with Crippen molar-refractivity contribution >= 4 is 6.09 Å². The number of fused-ring (bicyclic) bond motifs is 8. The van der Waals surface area contributed by atoms with Crippen molar-refractivity contribution in [3.8, 4) is 0 Å². The lowest BCUT2D eigenvalue weighted by Gasteiger charge is -2.44. The fraction of sp³-hybridized carbons (Fsp3) is 0.357. The molecule has 6 heteroatoms. The zero-order chi connectivity index (χ0) is 23.3. The van der Waals surface area contributed by atoms with Crippen LogP contribution in [-0.4, -0.2) is 41.3 Å². The molecule has 0 radical (unpaired) electrons. The Labute approximate surface area is 199 Å². The predicted molar refractivity (Wildman–Crippen MR) is 129 cm³/mol. The highest BCUT2D eigenvalue weighted by atomic mass is 16.5. The summed E-state index contributed by atoms with van der Waals surface area (Å²) in [4.78, 5) is 13.9. The van der Waals surface area contributed by atoms with Crippen LogP contribution >= 0.6 is 0 Å². The quantitative estimate of drug-likeness (QED) is 0.453. The number of aromatic nitrogens is 1. The first-order valence-electron chi connectivity index (χ1n) is 12.1. The summed E-state index contributed by atoms with van der Waals surface area (Å²) < 4.78 is 0.941. The Balaban J connectivity index is 1.36. The van der Waals surface area contributed by atoms with Crippen LogP contribution in [-0.2, 0) is 11.8 Å². The van der Waals surface area contributed by atoms with Crippen LogP contribution < -0.4 is 10.0 Å². The highest BCUT2D eigenvalue weighted by molar-refractivity contribution is 5.65. The second kappa shape index (κ2) is 8.13. The van der Waals surface area contributed by atoms with Gasteiger partial charge in [0.25, 0.3) is 0 Å². The molecule has 2 atom stereocenters. The standard InChI is InChI=1S/C28H29N3O3/c32-27(33)29-19-12-14-30(21(15-19)16-20-7-5-6-13-31(20)34)18-28-17-24(22-8-1-3-10-25(22)28)23-9-2-4-11-26(23)28/h1-11,13,19,21,24,29H,12,14-18H2,(H,32,33). The monoisotopic (exact) mass is 455 g/mol. The summed E-state index contributed by atoms with van der Waals surface area (Å²) >= 11 is 0. The van der Waals surface area contributed by atoms with Crippen LogP contribution in [0, 0.1) is 5.21 Å². The maximum atomic E-state index is 12.4. The van der Waals surface area contributed by atoms with Crippen molar-refractivity contribution in [2.45, 2.75) is 49.1 Å². The first-order chi connectivity index (χ1) is 16.5. The van der Waals surface area contributed by atoms with Crippen LogP contribution in [0.3, 0.4) is 0 Å². The SMILES string of the molecule is O=C(O)NC1CCN(CC23CC(c4ccccc42)c2ccccc23)C(Cc2cccc[n+]2[O-])C1. The van der Waals surface area contributed by atoms with E-state index in [-0.39, 0.29) is 17.5 Å². The minimum Gasteiger partial charge on any atom is -0.619 e. The summed E-state index contributed by atoms with van der Waals surface area (Å²) in [5.41, 5.74) is 6.42. The average Bonchev–Trinajstić information content (AvgIpc) is 3.34. The highest BCUT2D eigenvalue weighted by Crippen LogP contribution is 2.60. The van der Waals surface area contributed by atoms with Gasteiger partial charge in [-0.25, -0.2) is 4.79 Å². The van der Waals surface area contributed by atoms with Crippen LogP contribution in [0.25, 0.3) is 0 Å². The van der Waals surface area contributed by atoms with Crippen molar-refractivity contribution in [3.05, 3.63) is 106 Å². The van der Waals surface area contributed by atoms with Gasteiger partial charge in [0.15, 0.2) is 11.9 Å². The van der Waals surface area contributed by atoms with Crippen molar-refractivity contribution in [2.75, 3.05) is 13.1 Å². The molecule has 2 aromatic carbocycles. The maximum absolute atomic E-state index is 12.4. The Hall–Kier alpha value is -3.38. The fourth-order valence-electron chi connectivity index (χ4n) is 6.84. The molecule has 2 heterocycles. The van der Waals surface area contributed by atoms with E-state index < -0.39 is 6.09 Å². The summed E-state index contributed by atoms with van der Waals surface area (Å²) in [6.45, 7) is 1.69. The van der Waals surface area contributed by atoms with Crippen LogP contribution in [0.5, 0.6) is 0 Å².